The molecule has 0 atom stereocenters. The van der Waals surface area contributed by atoms with E-state index in [0.717, 1.165) is 13.0 Å². The van der Waals surface area contributed by atoms with Crippen molar-refractivity contribution in [1.29, 1.82) is 0 Å². The first kappa shape index (κ1) is 10.7. The maximum absolute atomic E-state index is 2.52. The lowest BCUT2D eigenvalue weighted by Crippen LogP contribution is -2.30. The van der Waals surface area contributed by atoms with Crippen LogP contribution in [0.5, 0.6) is 0 Å². The van der Waals surface area contributed by atoms with Crippen molar-refractivity contribution in [1.82, 2.24) is 4.90 Å². The van der Waals surface area contributed by atoms with E-state index in [2.05, 4.69) is 37.8 Å². The van der Waals surface area contributed by atoms with Crippen molar-refractivity contribution in [3.05, 3.63) is 34.4 Å². The molecule has 0 saturated carbocycles. The fourth-order valence-electron chi connectivity index (χ4n) is 2.49. The van der Waals surface area contributed by atoms with Crippen LogP contribution in [0, 0.1) is 6.92 Å². The summed E-state index contributed by atoms with van der Waals surface area (Å²) in [7, 11) is 0. The molecule has 1 aliphatic rings. The van der Waals surface area contributed by atoms with Crippen LogP contribution >= 0.6 is 0 Å². The minimum atomic E-state index is 1.15. The van der Waals surface area contributed by atoms with Gasteiger partial charge in [-0.3, -0.25) is 4.90 Å². The summed E-state index contributed by atoms with van der Waals surface area (Å²) in [5.41, 5.74) is 6.13. The summed E-state index contributed by atoms with van der Waals surface area (Å²) in [5, 5.41) is 0. The molecule has 82 valence electrons. The smallest absolute Gasteiger partial charge is 0.0236 e. The van der Waals surface area contributed by atoms with Gasteiger partial charge in [-0.05, 0) is 48.6 Å². The average Bonchev–Trinajstić information content (AvgIpc) is 2.27. The Morgan fingerprint density at radius 3 is 2.67 bits per heavy atom. The van der Waals surface area contributed by atoms with Gasteiger partial charge in [0.15, 0.2) is 0 Å². The molecule has 0 saturated heterocycles. The Balaban J connectivity index is 2.32. The largest absolute Gasteiger partial charge is 0.299 e. The summed E-state index contributed by atoms with van der Waals surface area (Å²) in [5.74, 6) is 0. The molecule has 1 heteroatoms. The van der Waals surface area contributed by atoms with Crippen LogP contribution in [0.4, 0.5) is 0 Å². The van der Waals surface area contributed by atoms with E-state index in [1.165, 1.54) is 30.6 Å². The summed E-state index contributed by atoms with van der Waals surface area (Å²) in [6.45, 7) is 10.3. The van der Waals surface area contributed by atoms with E-state index < -0.39 is 0 Å². The van der Waals surface area contributed by atoms with Gasteiger partial charge in [0.25, 0.3) is 0 Å². The van der Waals surface area contributed by atoms with Gasteiger partial charge in [-0.2, -0.15) is 0 Å². The Morgan fingerprint density at radius 2 is 2.00 bits per heavy atom. The normalized spacial score (nSPS) is 16.5. The average molecular weight is 203 g/mol. The quantitative estimate of drug-likeness (QED) is 0.714. The highest BCUT2D eigenvalue weighted by Gasteiger charge is 2.15. The Morgan fingerprint density at radius 1 is 1.20 bits per heavy atom. The third-order valence-corrected chi connectivity index (χ3v) is 3.58. The van der Waals surface area contributed by atoms with Crippen LogP contribution in [0.15, 0.2) is 12.1 Å². The fraction of sp³-hybridized carbons (Fsp3) is 0.571. The number of aryl methyl sites for hydroxylation is 2. The Hall–Kier alpha value is -0.820. The van der Waals surface area contributed by atoms with Crippen LogP contribution in [0.1, 0.15) is 36.1 Å². The van der Waals surface area contributed by atoms with Crippen molar-refractivity contribution < 1.29 is 0 Å². The second-order valence-electron chi connectivity index (χ2n) is 4.52. The predicted octanol–water partition coefficient (Wildman–Crippen LogP) is 2.94. The van der Waals surface area contributed by atoms with Gasteiger partial charge >= 0.3 is 0 Å². The lowest BCUT2D eigenvalue weighted by Gasteiger charge is -2.28. The molecule has 1 aromatic rings. The van der Waals surface area contributed by atoms with Crippen molar-refractivity contribution in [2.75, 3.05) is 13.1 Å². The van der Waals surface area contributed by atoms with Gasteiger partial charge < -0.3 is 0 Å². The topological polar surface area (TPSA) is 3.24 Å². The Bertz CT molecular complexity index is 355. The maximum Gasteiger partial charge on any atom is 0.0236 e. The third-order valence-electron chi connectivity index (χ3n) is 3.58. The van der Waals surface area contributed by atoms with Crippen LogP contribution in [0.25, 0.3) is 0 Å². The van der Waals surface area contributed by atoms with Crippen molar-refractivity contribution in [2.24, 2.45) is 0 Å². The van der Waals surface area contributed by atoms with Gasteiger partial charge in [-0.15, -0.1) is 0 Å². The Kier molecular flexibility index (Phi) is 3.11. The molecular weight excluding hydrogens is 182 g/mol. The summed E-state index contributed by atoms with van der Waals surface area (Å²) in [4.78, 5) is 2.52. The van der Waals surface area contributed by atoms with E-state index in [4.69, 9.17) is 0 Å². The first-order valence-corrected chi connectivity index (χ1v) is 6.08. The Labute approximate surface area is 93.1 Å². The van der Waals surface area contributed by atoms with Gasteiger partial charge in [-0.25, -0.2) is 0 Å². The van der Waals surface area contributed by atoms with Crippen molar-refractivity contribution in [3.63, 3.8) is 0 Å². The zero-order valence-electron chi connectivity index (χ0n) is 10.1. The number of benzene rings is 1. The lowest BCUT2D eigenvalue weighted by atomic mass is 9.93. The van der Waals surface area contributed by atoms with Gasteiger partial charge in [-0.1, -0.05) is 26.0 Å². The summed E-state index contributed by atoms with van der Waals surface area (Å²) in [6, 6.07) is 4.83. The van der Waals surface area contributed by atoms with E-state index >= 15 is 0 Å². The highest BCUT2D eigenvalue weighted by Crippen LogP contribution is 2.23. The standard InChI is InChI=1S/C14H21N/c1-4-12-9-13-6-7-15(5-2)10-14(13)8-11(12)3/h8-9H,4-7,10H2,1-3H3. The molecule has 1 aromatic carbocycles. The van der Waals surface area contributed by atoms with E-state index in [1.807, 2.05) is 0 Å². The highest BCUT2D eigenvalue weighted by molar-refractivity contribution is 5.39. The molecule has 0 aliphatic carbocycles. The molecule has 0 spiro atoms. The van der Waals surface area contributed by atoms with Crippen LogP contribution in [-0.2, 0) is 19.4 Å². The van der Waals surface area contributed by atoms with Crippen LogP contribution in [-0.4, -0.2) is 18.0 Å². The fourth-order valence-corrected chi connectivity index (χ4v) is 2.49. The number of rotatable bonds is 2. The van der Waals surface area contributed by atoms with Crippen molar-refractivity contribution >= 4 is 0 Å². The third kappa shape index (κ3) is 2.07. The molecule has 1 aliphatic heterocycles. The molecule has 0 bridgehead atoms. The van der Waals surface area contributed by atoms with Crippen LogP contribution in [0.3, 0.4) is 0 Å². The molecule has 15 heavy (non-hydrogen) atoms. The summed E-state index contributed by atoms with van der Waals surface area (Å²) < 4.78 is 0. The molecule has 1 nitrogen and oxygen atoms in total. The first-order valence-electron chi connectivity index (χ1n) is 6.08. The minimum Gasteiger partial charge on any atom is -0.299 e. The molecule has 1 heterocycles. The first-order chi connectivity index (χ1) is 7.24. The summed E-state index contributed by atoms with van der Waals surface area (Å²) in [6.07, 6.45) is 2.40. The number of likely N-dealkylation sites (N-methyl/N-ethyl adjacent to an activating group) is 1. The van der Waals surface area contributed by atoms with Gasteiger partial charge in [0.1, 0.15) is 0 Å². The lowest BCUT2D eigenvalue weighted by molar-refractivity contribution is 0.268. The molecule has 0 N–H and O–H groups in total. The zero-order chi connectivity index (χ0) is 10.8. The molecule has 0 aromatic heterocycles. The maximum atomic E-state index is 2.52. The molecule has 0 unspecified atom stereocenters. The zero-order valence-corrected chi connectivity index (χ0v) is 10.1. The second kappa shape index (κ2) is 4.36. The van der Waals surface area contributed by atoms with Gasteiger partial charge in [0.2, 0.25) is 0 Å². The number of nitrogens with zero attached hydrogens (tertiary/aromatic N) is 1. The SMILES string of the molecule is CCc1cc2c(cc1C)CN(CC)CC2. The molecule has 0 fully saturated rings. The highest BCUT2D eigenvalue weighted by atomic mass is 15.1. The monoisotopic (exact) mass is 203 g/mol. The molecule has 2 rings (SSSR count). The predicted molar refractivity (Wildman–Crippen MR) is 65.2 cm³/mol. The number of fused-ring (bicyclic) bond motifs is 1. The number of hydrogen-bond donors (Lipinski definition) is 0. The molecule has 0 radical (unpaired) electrons. The minimum absolute atomic E-state index is 1.15. The van der Waals surface area contributed by atoms with Gasteiger partial charge in [0.05, 0.1) is 0 Å². The van der Waals surface area contributed by atoms with E-state index in [0.29, 0.717) is 0 Å². The van der Waals surface area contributed by atoms with Crippen molar-refractivity contribution in [2.45, 2.75) is 40.2 Å². The molecular formula is C14H21N. The van der Waals surface area contributed by atoms with Crippen molar-refractivity contribution in [3.8, 4) is 0 Å². The second-order valence-corrected chi connectivity index (χ2v) is 4.52. The van der Waals surface area contributed by atoms with Crippen LogP contribution < -0.4 is 0 Å². The van der Waals surface area contributed by atoms with Crippen LogP contribution in [0.2, 0.25) is 0 Å². The van der Waals surface area contributed by atoms with E-state index in [9.17, 15) is 0 Å². The number of hydrogen-bond acceptors (Lipinski definition) is 1. The summed E-state index contributed by atoms with van der Waals surface area (Å²) >= 11 is 0. The molecule has 0 amide bonds. The van der Waals surface area contributed by atoms with E-state index in [1.54, 1.807) is 11.1 Å². The van der Waals surface area contributed by atoms with Gasteiger partial charge in [0, 0.05) is 13.1 Å². The van der Waals surface area contributed by atoms with E-state index in [-0.39, 0.29) is 0 Å².